The van der Waals surface area contributed by atoms with E-state index in [2.05, 4.69) is 31.9 Å². The number of aromatic nitrogens is 1. The van der Waals surface area contributed by atoms with Crippen molar-refractivity contribution in [1.82, 2.24) is 4.57 Å². The summed E-state index contributed by atoms with van der Waals surface area (Å²) in [6.45, 7) is 0.342. The fraction of sp³-hybridized carbons (Fsp3) is 0.0833. The maximum absolute atomic E-state index is 13.2. The fourth-order valence-corrected chi connectivity index (χ4v) is 2.42. The van der Waals surface area contributed by atoms with Crippen LogP contribution in [0.1, 0.15) is 5.56 Å². The van der Waals surface area contributed by atoms with Crippen LogP contribution in [0.25, 0.3) is 0 Å². The van der Waals surface area contributed by atoms with Gasteiger partial charge in [0.15, 0.2) is 0 Å². The Kier molecular flexibility index (Phi) is 3.79. The van der Waals surface area contributed by atoms with Crippen molar-refractivity contribution in [2.24, 2.45) is 0 Å². The molecule has 0 aliphatic rings. The van der Waals surface area contributed by atoms with Crippen molar-refractivity contribution < 1.29 is 4.39 Å². The highest BCUT2D eigenvalue weighted by Gasteiger charge is 2.03. The Bertz CT molecular complexity index is 589. The van der Waals surface area contributed by atoms with Crippen LogP contribution in [0.2, 0.25) is 0 Å². The topological polar surface area (TPSA) is 22.0 Å². The molecule has 17 heavy (non-hydrogen) atoms. The molecule has 0 fully saturated rings. The second kappa shape index (κ2) is 5.14. The number of hydrogen-bond acceptors (Lipinski definition) is 1. The van der Waals surface area contributed by atoms with Crippen LogP contribution in [0.5, 0.6) is 0 Å². The molecule has 0 atom stereocenters. The van der Waals surface area contributed by atoms with Gasteiger partial charge in [-0.1, -0.05) is 15.9 Å². The smallest absolute Gasteiger partial charge is 0.265 e. The largest absolute Gasteiger partial charge is 0.310 e. The molecule has 5 heteroatoms. The number of benzene rings is 1. The minimum atomic E-state index is -0.322. The maximum atomic E-state index is 13.2. The lowest BCUT2D eigenvalue weighted by atomic mass is 10.2. The Morgan fingerprint density at radius 2 is 2.00 bits per heavy atom. The van der Waals surface area contributed by atoms with Gasteiger partial charge < -0.3 is 4.57 Å². The van der Waals surface area contributed by atoms with Gasteiger partial charge in [-0.25, -0.2) is 4.39 Å². The van der Waals surface area contributed by atoms with Crippen molar-refractivity contribution in [1.29, 1.82) is 0 Å². The van der Waals surface area contributed by atoms with Crippen molar-refractivity contribution in [2.45, 2.75) is 6.54 Å². The average molecular weight is 361 g/mol. The molecular weight excluding hydrogens is 353 g/mol. The Morgan fingerprint density at radius 3 is 2.71 bits per heavy atom. The second-order valence-corrected chi connectivity index (χ2v) is 5.34. The second-order valence-electron chi connectivity index (χ2n) is 3.57. The fourth-order valence-electron chi connectivity index (χ4n) is 1.53. The van der Waals surface area contributed by atoms with Crippen molar-refractivity contribution in [2.75, 3.05) is 0 Å². The molecule has 0 spiro atoms. The number of hydrogen-bond donors (Lipinski definition) is 0. The van der Waals surface area contributed by atoms with Crippen LogP contribution in [0.15, 0.2) is 50.3 Å². The molecule has 88 valence electrons. The van der Waals surface area contributed by atoms with E-state index in [1.807, 2.05) is 0 Å². The van der Waals surface area contributed by atoms with E-state index in [1.165, 1.54) is 16.7 Å². The highest BCUT2D eigenvalue weighted by Crippen LogP contribution is 2.15. The molecule has 2 rings (SSSR count). The van der Waals surface area contributed by atoms with Gasteiger partial charge in [0.2, 0.25) is 0 Å². The molecule has 0 bridgehead atoms. The lowest BCUT2D eigenvalue weighted by Gasteiger charge is -2.06. The Labute approximate surface area is 114 Å². The van der Waals surface area contributed by atoms with Gasteiger partial charge in [-0.05, 0) is 51.8 Å². The zero-order valence-corrected chi connectivity index (χ0v) is 11.8. The summed E-state index contributed by atoms with van der Waals surface area (Å²) in [5, 5.41) is 0. The maximum Gasteiger partial charge on any atom is 0.265 e. The highest BCUT2D eigenvalue weighted by molar-refractivity contribution is 9.10. The number of halogens is 3. The van der Waals surface area contributed by atoms with Gasteiger partial charge in [-0.15, -0.1) is 0 Å². The minimum Gasteiger partial charge on any atom is -0.310 e. The van der Waals surface area contributed by atoms with Gasteiger partial charge in [0.25, 0.3) is 5.56 Å². The van der Waals surface area contributed by atoms with Crippen LogP contribution in [0.4, 0.5) is 4.39 Å². The van der Waals surface area contributed by atoms with E-state index in [9.17, 15) is 9.18 Å². The summed E-state index contributed by atoms with van der Waals surface area (Å²) in [6.07, 6.45) is 1.67. The number of rotatable bonds is 2. The van der Waals surface area contributed by atoms with Gasteiger partial charge in [0.1, 0.15) is 5.82 Å². The first-order chi connectivity index (χ1) is 8.06. The SMILES string of the molecule is O=c1c(Br)cccn1Cc1cc(F)cc(Br)c1. The third-order valence-corrected chi connectivity index (χ3v) is 3.31. The molecule has 0 saturated heterocycles. The van der Waals surface area contributed by atoms with Gasteiger partial charge in [0.05, 0.1) is 11.0 Å². The van der Waals surface area contributed by atoms with Gasteiger partial charge in [0, 0.05) is 10.7 Å². The van der Waals surface area contributed by atoms with Gasteiger partial charge in [-0.3, -0.25) is 4.79 Å². The van der Waals surface area contributed by atoms with E-state index in [-0.39, 0.29) is 11.4 Å². The van der Waals surface area contributed by atoms with Crippen molar-refractivity contribution in [3.63, 3.8) is 0 Å². The predicted molar refractivity (Wildman–Crippen MR) is 71.6 cm³/mol. The summed E-state index contributed by atoms with van der Waals surface area (Å²) >= 11 is 6.39. The van der Waals surface area contributed by atoms with E-state index < -0.39 is 0 Å². The molecule has 2 nitrogen and oxygen atoms in total. The van der Waals surface area contributed by atoms with Crippen molar-refractivity contribution in [3.05, 3.63) is 67.2 Å². The number of pyridine rings is 1. The highest BCUT2D eigenvalue weighted by atomic mass is 79.9. The van der Waals surface area contributed by atoms with Crippen LogP contribution in [0.3, 0.4) is 0 Å². The van der Waals surface area contributed by atoms with E-state index in [0.717, 1.165) is 5.56 Å². The summed E-state index contributed by atoms with van der Waals surface area (Å²) < 4.78 is 15.9. The zero-order valence-electron chi connectivity index (χ0n) is 8.66. The monoisotopic (exact) mass is 359 g/mol. The van der Waals surface area contributed by atoms with Crippen LogP contribution >= 0.6 is 31.9 Å². The zero-order chi connectivity index (χ0) is 12.4. The standard InChI is InChI=1S/C12H8Br2FNO/c13-9-4-8(5-10(15)6-9)7-16-3-1-2-11(14)12(16)17/h1-6H,7H2. The van der Waals surface area contributed by atoms with Crippen LogP contribution in [0, 0.1) is 5.82 Å². The quantitative estimate of drug-likeness (QED) is 0.802. The Balaban J connectivity index is 2.38. The van der Waals surface area contributed by atoms with E-state index >= 15 is 0 Å². The van der Waals surface area contributed by atoms with E-state index in [4.69, 9.17) is 0 Å². The summed E-state index contributed by atoms with van der Waals surface area (Å²) in [6, 6.07) is 8.03. The first-order valence-corrected chi connectivity index (χ1v) is 6.45. The van der Waals surface area contributed by atoms with E-state index in [1.54, 1.807) is 24.4 Å². The first-order valence-electron chi connectivity index (χ1n) is 4.86. The Morgan fingerprint density at radius 1 is 1.24 bits per heavy atom. The normalized spacial score (nSPS) is 10.5. The molecule has 0 saturated carbocycles. The molecule has 0 unspecified atom stereocenters. The molecule has 0 aliphatic carbocycles. The molecule has 0 N–H and O–H groups in total. The van der Waals surface area contributed by atoms with Crippen LogP contribution in [-0.2, 0) is 6.54 Å². The third-order valence-electron chi connectivity index (χ3n) is 2.25. The van der Waals surface area contributed by atoms with Crippen molar-refractivity contribution in [3.8, 4) is 0 Å². The predicted octanol–water partition coefficient (Wildman–Crippen LogP) is 3.56. The molecule has 0 radical (unpaired) electrons. The lowest BCUT2D eigenvalue weighted by Crippen LogP contribution is -2.20. The molecule has 1 aromatic carbocycles. The lowest BCUT2D eigenvalue weighted by molar-refractivity contribution is 0.621. The van der Waals surface area contributed by atoms with Crippen molar-refractivity contribution >= 4 is 31.9 Å². The molecule has 1 heterocycles. The number of nitrogens with zero attached hydrogens (tertiary/aromatic N) is 1. The summed E-state index contributed by atoms with van der Waals surface area (Å²) in [7, 11) is 0. The molecule has 2 aromatic rings. The molecule has 0 amide bonds. The summed E-state index contributed by atoms with van der Waals surface area (Å²) in [5.41, 5.74) is 0.602. The van der Waals surface area contributed by atoms with Crippen LogP contribution < -0.4 is 5.56 Å². The summed E-state index contributed by atoms with van der Waals surface area (Å²) in [5.74, 6) is -0.322. The molecule has 1 aromatic heterocycles. The minimum absolute atomic E-state index is 0.132. The summed E-state index contributed by atoms with van der Waals surface area (Å²) in [4.78, 5) is 11.8. The molecule has 0 aliphatic heterocycles. The van der Waals surface area contributed by atoms with Crippen LogP contribution in [-0.4, -0.2) is 4.57 Å². The third kappa shape index (κ3) is 3.04. The average Bonchev–Trinajstić information content (AvgIpc) is 2.23. The Hall–Kier alpha value is -0.940. The molecular formula is C12H8Br2FNO. The van der Waals surface area contributed by atoms with Gasteiger partial charge >= 0.3 is 0 Å². The first kappa shape index (κ1) is 12.5. The van der Waals surface area contributed by atoms with E-state index in [0.29, 0.717) is 15.5 Å². The van der Waals surface area contributed by atoms with Gasteiger partial charge in [-0.2, -0.15) is 0 Å².